The lowest BCUT2D eigenvalue weighted by atomic mass is 10.1. The zero-order chi connectivity index (χ0) is 14.4. The molecule has 0 saturated heterocycles. The standard InChI is InChI=1S/C15H16BrN3O/c1-2-9-17-13-6-4-3-5-12(13)15(20)19-14-8-7-11(16)10-18-14/h3-8,10,17H,2,9H2,1H3,(H,18,19,20). The Bertz CT molecular complexity index is 584. The first-order valence-electron chi connectivity index (χ1n) is 6.46. The van der Waals surface area contributed by atoms with Crippen LogP contribution in [0.1, 0.15) is 23.7 Å². The van der Waals surface area contributed by atoms with Gasteiger partial charge in [-0.2, -0.15) is 0 Å². The number of aromatic nitrogens is 1. The quantitative estimate of drug-likeness (QED) is 0.871. The van der Waals surface area contributed by atoms with Crippen molar-refractivity contribution in [3.63, 3.8) is 0 Å². The van der Waals surface area contributed by atoms with E-state index in [9.17, 15) is 4.79 Å². The average Bonchev–Trinajstić information content (AvgIpc) is 2.47. The maximum Gasteiger partial charge on any atom is 0.258 e. The fourth-order valence-corrected chi connectivity index (χ4v) is 1.96. The largest absolute Gasteiger partial charge is 0.384 e. The number of anilines is 2. The molecule has 1 aromatic carbocycles. The van der Waals surface area contributed by atoms with Crippen LogP contribution in [0.2, 0.25) is 0 Å². The first-order valence-corrected chi connectivity index (χ1v) is 7.26. The van der Waals surface area contributed by atoms with Gasteiger partial charge in [-0.25, -0.2) is 4.98 Å². The molecule has 0 unspecified atom stereocenters. The molecule has 1 amide bonds. The monoisotopic (exact) mass is 333 g/mol. The summed E-state index contributed by atoms with van der Waals surface area (Å²) in [7, 11) is 0. The van der Waals surface area contributed by atoms with Gasteiger partial charge in [-0.1, -0.05) is 19.1 Å². The zero-order valence-electron chi connectivity index (χ0n) is 11.2. The molecule has 104 valence electrons. The van der Waals surface area contributed by atoms with Gasteiger partial charge in [0.2, 0.25) is 0 Å². The maximum absolute atomic E-state index is 12.3. The number of rotatable bonds is 5. The molecule has 0 aliphatic rings. The summed E-state index contributed by atoms with van der Waals surface area (Å²) in [6.07, 6.45) is 2.65. The Morgan fingerprint density at radius 1 is 1.25 bits per heavy atom. The number of carbonyl (C=O) groups is 1. The number of benzene rings is 1. The van der Waals surface area contributed by atoms with Crippen molar-refractivity contribution in [3.8, 4) is 0 Å². The summed E-state index contributed by atoms with van der Waals surface area (Å²) >= 11 is 3.31. The summed E-state index contributed by atoms with van der Waals surface area (Å²) in [6.45, 7) is 2.92. The van der Waals surface area contributed by atoms with Crippen LogP contribution in [0.15, 0.2) is 47.1 Å². The van der Waals surface area contributed by atoms with Crippen molar-refractivity contribution in [1.82, 2.24) is 4.98 Å². The van der Waals surface area contributed by atoms with Crippen LogP contribution in [0.4, 0.5) is 11.5 Å². The van der Waals surface area contributed by atoms with Gasteiger partial charge in [-0.3, -0.25) is 4.79 Å². The van der Waals surface area contributed by atoms with E-state index in [-0.39, 0.29) is 5.91 Å². The molecule has 0 saturated carbocycles. The molecule has 1 aromatic heterocycles. The summed E-state index contributed by atoms with van der Waals surface area (Å²) < 4.78 is 0.875. The van der Waals surface area contributed by atoms with Crippen molar-refractivity contribution >= 4 is 33.3 Å². The Kier molecular flexibility index (Phi) is 5.12. The summed E-state index contributed by atoms with van der Waals surface area (Å²) in [4.78, 5) is 16.4. The number of hydrogen-bond donors (Lipinski definition) is 2. The van der Waals surface area contributed by atoms with Crippen molar-refractivity contribution in [2.24, 2.45) is 0 Å². The molecule has 0 aliphatic heterocycles. The van der Waals surface area contributed by atoms with Gasteiger partial charge in [0.25, 0.3) is 5.91 Å². The predicted molar refractivity (Wildman–Crippen MR) is 85.1 cm³/mol. The third-order valence-corrected chi connectivity index (χ3v) is 3.18. The van der Waals surface area contributed by atoms with Gasteiger partial charge < -0.3 is 10.6 Å². The van der Waals surface area contributed by atoms with Gasteiger partial charge in [0.05, 0.1) is 5.56 Å². The Hall–Kier alpha value is -1.88. The molecule has 0 radical (unpaired) electrons. The lowest BCUT2D eigenvalue weighted by Gasteiger charge is -2.11. The lowest BCUT2D eigenvalue weighted by molar-refractivity contribution is 0.102. The Morgan fingerprint density at radius 2 is 2.05 bits per heavy atom. The van der Waals surface area contributed by atoms with Crippen LogP contribution in [-0.4, -0.2) is 17.4 Å². The van der Waals surface area contributed by atoms with E-state index in [0.717, 1.165) is 23.1 Å². The van der Waals surface area contributed by atoms with E-state index in [0.29, 0.717) is 11.4 Å². The molecule has 4 nitrogen and oxygen atoms in total. The van der Waals surface area contributed by atoms with Gasteiger partial charge in [-0.05, 0) is 46.6 Å². The minimum absolute atomic E-state index is 0.168. The second kappa shape index (κ2) is 7.05. The third-order valence-electron chi connectivity index (χ3n) is 2.71. The minimum atomic E-state index is -0.168. The molecule has 2 aromatic rings. The molecule has 0 fully saturated rings. The number of para-hydroxylation sites is 1. The van der Waals surface area contributed by atoms with Crippen LogP contribution < -0.4 is 10.6 Å². The summed E-state index contributed by atoms with van der Waals surface area (Å²) in [5.74, 6) is 0.363. The number of amides is 1. The van der Waals surface area contributed by atoms with Gasteiger partial charge in [-0.15, -0.1) is 0 Å². The normalized spacial score (nSPS) is 10.1. The second-order valence-electron chi connectivity index (χ2n) is 4.29. The van der Waals surface area contributed by atoms with E-state index < -0.39 is 0 Å². The van der Waals surface area contributed by atoms with E-state index in [1.165, 1.54) is 0 Å². The molecule has 0 atom stereocenters. The van der Waals surface area contributed by atoms with Crippen LogP contribution in [0, 0.1) is 0 Å². The molecular formula is C15H16BrN3O. The first kappa shape index (κ1) is 14.5. The summed E-state index contributed by atoms with van der Waals surface area (Å²) in [5, 5.41) is 6.04. The first-order chi connectivity index (χ1) is 9.70. The minimum Gasteiger partial charge on any atom is -0.384 e. The molecule has 5 heteroatoms. The molecule has 20 heavy (non-hydrogen) atoms. The van der Waals surface area contributed by atoms with Crippen molar-refractivity contribution < 1.29 is 4.79 Å². The smallest absolute Gasteiger partial charge is 0.258 e. The van der Waals surface area contributed by atoms with Crippen molar-refractivity contribution in [1.29, 1.82) is 0 Å². The Labute approximate surface area is 126 Å². The molecule has 0 aliphatic carbocycles. The highest BCUT2D eigenvalue weighted by molar-refractivity contribution is 9.10. The number of nitrogens with one attached hydrogen (secondary N) is 2. The van der Waals surface area contributed by atoms with Gasteiger partial charge >= 0.3 is 0 Å². The maximum atomic E-state index is 12.3. The molecule has 0 spiro atoms. The van der Waals surface area contributed by atoms with Crippen LogP contribution >= 0.6 is 15.9 Å². The number of hydrogen-bond acceptors (Lipinski definition) is 3. The predicted octanol–water partition coefficient (Wildman–Crippen LogP) is 3.92. The van der Waals surface area contributed by atoms with Crippen molar-refractivity contribution in [2.75, 3.05) is 17.2 Å². The summed E-state index contributed by atoms with van der Waals surface area (Å²) in [5.41, 5.74) is 1.45. The fourth-order valence-electron chi connectivity index (χ4n) is 1.73. The van der Waals surface area contributed by atoms with Crippen LogP contribution in [0.3, 0.4) is 0 Å². The Morgan fingerprint density at radius 3 is 2.75 bits per heavy atom. The number of pyridine rings is 1. The molecular weight excluding hydrogens is 318 g/mol. The van der Waals surface area contributed by atoms with Gasteiger partial charge in [0.15, 0.2) is 0 Å². The topological polar surface area (TPSA) is 54.0 Å². The molecule has 0 bridgehead atoms. The highest BCUT2D eigenvalue weighted by Gasteiger charge is 2.11. The van der Waals surface area contributed by atoms with E-state index >= 15 is 0 Å². The van der Waals surface area contributed by atoms with E-state index in [4.69, 9.17) is 0 Å². The second-order valence-corrected chi connectivity index (χ2v) is 5.20. The number of carbonyl (C=O) groups excluding carboxylic acids is 1. The fraction of sp³-hybridized carbons (Fsp3) is 0.200. The van der Waals surface area contributed by atoms with Crippen LogP contribution in [0.5, 0.6) is 0 Å². The van der Waals surface area contributed by atoms with Crippen LogP contribution in [0.25, 0.3) is 0 Å². The summed E-state index contributed by atoms with van der Waals surface area (Å²) in [6, 6.07) is 11.0. The van der Waals surface area contributed by atoms with E-state index in [1.807, 2.05) is 24.3 Å². The van der Waals surface area contributed by atoms with Crippen molar-refractivity contribution in [2.45, 2.75) is 13.3 Å². The SMILES string of the molecule is CCCNc1ccccc1C(=O)Nc1ccc(Br)cn1. The average molecular weight is 334 g/mol. The van der Waals surface area contributed by atoms with E-state index in [1.54, 1.807) is 18.3 Å². The third kappa shape index (κ3) is 3.81. The Balaban J connectivity index is 2.14. The highest BCUT2D eigenvalue weighted by atomic mass is 79.9. The molecule has 1 heterocycles. The highest BCUT2D eigenvalue weighted by Crippen LogP contribution is 2.17. The van der Waals surface area contributed by atoms with Crippen molar-refractivity contribution in [3.05, 3.63) is 52.6 Å². The number of halogens is 1. The zero-order valence-corrected chi connectivity index (χ0v) is 12.8. The molecule has 2 N–H and O–H groups in total. The molecule has 2 rings (SSSR count). The van der Waals surface area contributed by atoms with Gasteiger partial charge in [0, 0.05) is 22.9 Å². The number of nitrogens with zero attached hydrogens (tertiary/aromatic N) is 1. The van der Waals surface area contributed by atoms with Gasteiger partial charge in [0.1, 0.15) is 5.82 Å². The van der Waals surface area contributed by atoms with E-state index in [2.05, 4.69) is 38.5 Å². The lowest BCUT2D eigenvalue weighted by Crippen LogP contribution is -2.15. The van der Waals surface area contributed by atoms with Crippen LogP contribution in [-0.2, 0) is 0 Å².